The smallest absolute Gasteiger partial charge is 0.141 e. The van der Waals surface area contributed by atoms with Crippen LogP contribution in [0.5, 0.6) is 11.5 Å². The van der Waals surface area contributed by atoms with E-state index in [-0.39, 0.29) is 0 Å². The van der Waals surface area contributed by atoms with Crippen molar-refractivity contribution < 1.29 is 9.84 Å². The molecule has 0 aromatic heterocycles. The Morgan fingerprint density at radius 1 is 1.05 bits per heavy atom. The summed E-state index contributed by atoms with van der Waals surface area (Å²) >= 11 is 3.49. The minimum Gasteiger partial charge on any atom is -0.456 e. The highest BCUT2D eigenvalue weighted by Crippen LogP contribution is 2.32. The van der Waals surface area contributed by atoms with Crippen molar-refractivity contribution in [3.8, 4) is 11.5 Å². The molecule has 2 nitrogen and oxygen atoms in total. The summed E-state index contributed by atoms with van der Waals surface area (Å²) in [6, 6.07) is 13.8. The average molecular weight is 349 g/mol. The summed E-state index contributed by atoms with van der Waals surface area (Å²) in [5, 5.41) is 9.57. The fourth-order valence-electron chi connectivity index (χ4n) is 2.09. The van der Waals surface area contributed by atoms with Gasteiger partial charge >= 0.3 is 0 Å². The molecular formula is C18H21BrO2. The fourth-order valence-corrected chi connectivity index (χ4v) is 2.56. The normalized spacial score (nSPS) is 13.8. The van der Waals surface area contributed by atoms with Gasteiger partial charge in [0.1, 0.15) is 11.5 Å². The summed E-state index contributed by atoms with van der Waals surface area (Å²) in [6.45, 7) is 6.16. The number of ether oxygens (including phenoxy) is 1. The first-order valence-electron chi connectivity index (χ1n) is 7.26. The van der Waals surface area contributed by atoms with Crippen molar-refractivity contribution in [1.82, 2.24) is 0 Å². The molecule has 0 aliphatic carbocycles. The summed E-state index contributed by atoms with van der Waals surface area (Å²) in [5.74, 6) is 2.12. The summed E-state index contributed by atoms with van der Waals surface area (Å²) in [7, 11) is 0. The zero-order valence-electron chi connectivity index (χ0n) is 12.6. The second-order valence-corrected chi connectivity index (χ2v) is 6.20. The van der Waals surface area contributed by atoms with Crippen LogP contribution in [-0.2, 0) is 0 Å². The van der Waals surface area contributed by atoms with Gasteiger partial charge in [0, 0.05) is 0 Å². The molecule has 3 heteroatoms. The van der Waals surface area contributed by atoms with Crippen LogP contribution < -0.4 is 4.74 Å². The lowest BCUT2D eigenvalue weighted by atomic mass is 9.99. The molecule has 0 saturated carbocycles. The number of hydrogen-bond acceptors (Lipinski definition) is 2. The quantitative estimate of drug-likeness (QED) is 0.738. The number of aliphatic hydroxyl groups is 1. The molecule has 0 spiro atoms. The molecule has 0 aliphatic rings. The van der Waals surface area contributed by atoms with Crippen molar-refractivity contribution in [2.45, 2.75) is 39.2 Å². The average Bonchev–Trinajstić information content (AvgIpc) is 2.49. The minimum atomic E-state index is -0.481. The monoisotopic (exact) mass is 348 g/mol. The Kier molecular flexibility index (Phi) is 5.43. The van der Waals surface area contributed by atoms with E-state index in [2.05, 4.69) is 41.9 Å². The first-order valence-corrected chi connectivity index (χ1v) is 8.06. The Bertz CT molecular complexity index is 591. The zero-order chi connectivity index (χ0) is 15.4. The van der Waals surface area contributed by atoms with Crippen molar-refractivity contribution in [3.05, 3.63) is 58.1 Å². The predicted octanol–water partition coefficient (Wildman–Crippen LogP) is 5.81. The molecule has 0 fully saturated rings. The van der Waals surface area contributed by atoms with Gasteiger partial charge in [-0.3, -0.25) is 0 Å². The van der Waals surface area contributed by atoms with Crippen LogP contribution in [0.3, 0.4) is 0 Å². The highest BCUT2D eigenvalue weighted by molar-refractivity contribution is 9.10. The van der Waals surface area contributed by atoms with Gasteiger partial charge < -0.3 is 9.84 Å². The first-order chi connectivity index (χ1) is 10.0. The van der Waals surface area contributed by atoms with Crippen LogP contribution in [-0.4, -0.2) is 5.11 Å². The lowest BCUT2D eigenvalue weighted by Crippen LogP contribution is -1.93. The Morgan fingerprint density at radius 2 is 1.67 bits per heavy atom. The van der Waals surface area contributed by atoms with Crippen LogP contribution in [0.4, 0.5) is 0 Å². The molecule has 0 saturated heterocycles. The van der Waals surface area contributed by atoms with Crippen LogP contribution in [0.2, 0.25) is 0 Å². The van der Waals surface area contributed by atoms with E-state index >= 15 is 0 Å². The van der Waals surface area contributed by atoms with E-state index in [9.17, 15) is 5.11 Å². The Balaban J connectivity index is 2.15. The molecule has 1 unspecified atom stereocenters. The lowest BCUT2D eigenvalue weighted by molar-refractivity contribution is 0.199. The van der Waals surface area contributed by atoms with Crippen LogP contribution in [0.15, 0.2) is 46.9 Å². The molecule has 2 aromatic carbocycles. The highest BCUT2D eigenvalue weighted by atomic mass is 79.9. The molecule has 0 radical (unpaired) electrons. The van der Waals surface area contributed by atoms with Gasteiger partial charge in [0.05, 0.1) is 10.6 Å². The van der Waals surface area contributed by atoms with Crippen LogP contribution >= 0.6 is 15.9 Å². The van der Waals surface area contributed by atoms with Gasteiger partial charge in [0.2, 0.25) is 0 Å². The summed E-state index contributed by atoms with van der Waals surface area (Å²) in [5.41, 5.74) is 2.19. The van der Waals surface area contributed by atoms with Gasteiger partial charge in [-0.15, -0.1) is 0 Å². The standard InChI is InChI=1S/C18H21BrO2/c1-4-12(2)14-5-8-16(9-6-14)21-18-10-7-15(13(3)20)11-17(18)19/h5-13,20H,4H2,1-3H3/t12?,13-/m1/s1. The second-order valence-electron chi connectivity index (χ2n) is 5.35. The van der Waals surface area contributed by atoms with Crippen LogP contribution in [0, 0.1) is 0 Å². The number of benzene rings is 2. The SMILES string of the molecule is CCC(C)c1ccc(Oc2ccc([C@@H](C)O)cc2Br)cc1. The number of hydrogen-bond donors (Lipinski definition) is 1. The van der Waals surface area contributed by atoms with Gasteiger partial charge in [-0.1, -0.05) is 32.0 Å². The van der Waals surface area contributed by atoms with Gasteiger partial charge in [0.25, 0.3) is 0 Å². The molecule has 0 bridgehead atoms. The number of rotatable bonds is 5. The molecule has 1 N–H and O–H groups in total. The van der Waals surface area contributed by atoms with Crippen molar-refractivity contribution in [2.24, 2.45) is 0 Å². The van der Waals surface area contributed by atoms with E-state index in [1.54, 1.807) is 6.92 Å². The van der Waals surface area contributed by atoms with Gasteiger partial charge in [-0.25, -0.2) is 0 Å². The lowest BCUT2D eigenvalue weighted by Gasteiger charge is -2.12. The maximum absolute atomic E-state index is 9.57. The predicted molar refractivity (Wildman–Crippen MR) is 90.0 cm³/mol. The van der Waals surface area contributed by atoms with Crippen molar-refractivity contribution in [3.63, 3.8) is 0 Å². The van der Waals surface area contributed by atoms with Gasteiger partial charge in [0.15, 0.2) is 0 Å². The Hall–Kier alpha value is -1.32. The molecule has 0 aliphatic heterocycles. The van der Waals surface area contributed by atoms with E-state index in [1.807, 2.05) is 30.3 Å². The molecule has 0 amide bonds. The highest BCUT2D eigenvalue weighted by Gasteiger charge is 2.08. The fraction of sp³-hybridized carbons (Fsp3) is 0.333. The van der Waals surface area contributed by atoms with Gasteiger partial charge in [-0.05, 0) is 70.6 Å². The third-order valence-electron chi connectivity index (χ3n) is 3.73. The van der Waals surface area contributed by atoms with Crippen molar-refractivity contribution >= 4 is 15.9 Å². The Labute approximate surface area is 134 Å². The van der Waals surface area contributed by atoms with Gasteiger partial charge in [-0.2, -0.15) is 0 Å². The van der Waals surface area contributed by atoms with Crippen molar-refractivity contribution in [2.75, 3.05) is 0 Å². The molecule has 0 heterocycles. The van der Waals surface area contributed by atoms with E-state index in [1.165, 1.54) is 5.56 Å². The summed E-state index contributed by atoms with van der Waals surface area (Å²) < 4.78 is 6.72. The maximum Gasteiger partial charge on any atom is 0.141 e. The first kappa shape index (κ1) is 16.1. The minimum absolute atomic E-state index is 0.481. The topological polar surface area (TPSA) is 29.5 Å². The van der Waals surface area contributed by atoms with E-state index in [0.29, 0.717) is 5.92 Å². The van der Waals surface area contributed by atoms with E-state index in [0.717, 1.165) is 28.0 Å². The Morgan fingerprint density at radius 3 is 2.19 bits per heavy atom. The molecule has 21 heavy (non-hydrogen) atoms. The second kappa shape index (κ2) is 7.10. The molecule has 2 rings (SSSR count). The van der Waals surface area contributed by atoms with Crippen LogP contribution in [0.25, 0.3) is 0 Å². The third kappa shape index (κ3) is 4.08. The van der Waals surface area contributed by atoms with E-state index < -0.39 is 6.10 Å². The number of halogens is 1. The molecular weight excluding hydrogens is 328 g/mol. The maximum atomic E-state index is 9.57. The van der Waals surface area contributed by atoms with Crippen LogP contribution in [0.1, 0.15) is 50.3 Å². The zero-order valence-corrected chi connectivity index (χ0v) is 14.2. The van der Waals surface area contributed by atoms with Crippen molar-refractivity contribution in [1.29, 1.82) is 0 Å². The molecule has 2 aromatic rings. The molecule has 112 valence electrons. The molecule has 2 atom stereocenters. The van der Waals surface area contributed by atoms with E-state index in [4.69, 9.17) is 4.74 Å². The number of aliphatic hydroxyl groups excluding tert-OH is 1. The third-order valence-corrected chi connectivity index (χ3v) is 4.35. The summed E-state index contributed by atoms with van der Waals surface area (Å²) in [4.78, 5) is 0. The summed E-state index contributed by atoms with van der Waals surface area (Å²) in [6.07, 6.45) is 0.650. The largest absolute Gasteiger partial charge is 0.456 e.